The van der Waals surface area contributed by atoms with E-state index in [1.54, 1.807) is 4.90 Å². The van der Waals surface area contributed by atoms with E-state index in [-0.39, 0.29) is 17.9 Å². The molecule has 0 radical (unpaired) electrons. The van der Waals surface area contributed by atoms with Crippen molar-refractivity contribution in [2.24, 2.45) is 5.92 Å². The third-order valence-corrected chi connectivity index (χ3v) is 4.48. The van der Waals surface area contributed by atoms with E-state index >= 15 is 0 Å². The molecule has 0 spiro atoms. The van der Waals surface area contributed by atoms with Gasteiger partial charge < -0.3 is 15.0 Å². The van der Waals surface area contributed by atoms with Crippen LogP contribution in [0, 0.1) is 5.92 Å². The van der Waals surface area contributed by atoms with Crippen molar-refractivity contribution in [1.29, 1.82) is 0 Å². The lowest BCUT2D eigenvalue weighted by molar-refractivity contribution is -0.137. The van der Waals surface area contributed by atoms with Crippen molar-refractivity contribution in [3.63, 3.8) is 0 Å². The molecule has 144 valence electrons. The van der Waals surface area contributed by atoms with Gasteiger partial charge in [0.1, 0.15) is 12.4 Å². The van der Waals surface area contributed by atoms with Gasteiger partial charge >= 0.3 is 6.18 Å². The fraction of sp³-hybridized carbons (Fsp3) is 0.526. The van der Waals surface area contributed by atoms with Crippen molar-refractivity contribution in [2.45, 2.75) is 25.9 Å². The highest BCUT2D eigenvalue weighted by Gasteiger charge is 2.33. The van der Waals surface area contributed by atoms with Gasteiger partial charge in [0.15, 0.2) is 0 Å². The highest BCUT2D eigenvalue weighted by atomic mass is 19.4. The number of ether oxygens (including phenoxy) is 1. The number of amides is 1. The lowest BCUT2D eigenvalue weighted by Gasteiger charge is -2.32. The van der Waals surface area contributed by atoms with E-state index < -0.39 is 17.6 Å². The number of carbonyl (C=O) groups is 1. The number of carbonyl (C=O) groups excluding carboxylic acids is 1. The summed E-state index contributed by atoms with van der Waals surface area (Å²) in [7, 11) is 0. The monoisotopic (exact) mass is 370 g/mol. The molecule has 4 nitrogen and oxygen atoms in total. The molecule has 1 amide bonds. The molecule has 0 aliphatic carbocycles. The van der Waals surface area contributed by atoms with Crippen molar-refractivity contribution in [3.05, 3.63) is 42.0 Å². The number of piperidine rings is 1. The Morgan fingerprint density at radius 3 is 2.65 bits per heavy atom. The molecule has 0 saturated carbocycles. The number of nitrogens with zero attached hydrogens (tertiary/aromatic N) is 1. The van der Waals surface area contributed by atoms with Gasteiger partial charge in [-0.05, 0) is 50.0 Å². The van der Waals surface area contributed by atoms with Gasteiger partial charge in [0.25, 0.3) is 5.91 Å². The van der Waals surface area contributed by atoms with E-state index in [9.17, 15) is 18.0 Å². The van der Waals surface area contributed by atoms with E-state index in [1.165, 1.54) is 12.1 Å². The number of benzene rings is 1. The van der Waals surface area contributed by atoms with Gasteiger partial charge in [0, 0.05) is 13.1 Å². The maximum Gasteiger partial charge on any atom is 0.416 e. The van der Waals surface area contributed by atoms with Crippen molar-refractivity contribution >= 4 is 5.91 Å². The number of alkyl halides is 3. The predicted molar refractivity (Wildman–Crippen MR) is 94.3 cm³/mol. The number of rotatable bonds is 7. The standard InChI is InChI=1S/C19H25F3N2O2/c1-3-11-26-17-6-5-15(19(20,21)22)12-16(17)18(25)24-9-7-14(8-10-24)13-23-4-2/h3,5-6,12,14,23H,1,4,7-11,13H2,2H3. The molecule has 1 saturated heterocycles. The maximum absolute atomic E-state index is 13.0. The zero-order valence-corrected chi connectivity index (χ0v) is 14.9. The number of halogens is 3. The van der Waals surface area contributed by atoms with Crippen LogP contribution in [-0.2, 0) is 6.18 Å². The van der Waals surface area contributed by atoms with Gasteiger partial charge in [0.2, 0.25) is 0 Å². The number of hydrogen-bond acceptors (Lipinski definition) is 3. The summed E-state index contributed by atoms with van der Waals surface area (Å²) in [5.41, 5.74) is -0.902. The Hall–Kier alpha value is -2.02. The SMILES string of the molecule is C=CCOc1ccc(C(F)(F)F)cc1C(=O)N1CCC(CNCC)CC1. The molecule has 1 aromatic carbocycles. The topological polar surface area (TPSA) is 41.6 Å². The highest BCUT2D eigenvalue weighted by Crippen LogP contribution is 2.33. The number of hydrogen-bond donors (Lipinski definition) is 1. The van der Waals surface area contributed by atoms with Gasteiger partial charge in [-0.25, -0.2) is 0 Å². The zero-order valence-electron chi connectivity index (χ0n) is 14.9. The molecule has 1 fully saturated rings. The van der Waals surface area contributed by atoms with Crippen LogP contribution in [0.4, 0.5) is 13.2 Å². The van der Waals surface area contributed by atoms with Crippen molar-refractivity contribution in [1.82, 2.24) is 10.2 Å². The Morgan fingerprint density at radius 1 is 1.38 bits per heavy atom. The summed E-state index contributed by atoms with van der Waals surface area (Å²) in [5, 5.41) is 3.29. The van der Waals surface area contributed by atoms with E-state index in [0.717, 1.165) is 38.1 Å². The molecule has 1 N–H and O–H groups in total. The fourth-order valence-electron chi connectivity index (χ4n) is 3.01. The molecule has 2 rings (SSSR count). The Balaban J connectivity index is 2.16. The fourth-order valence-corrected chi connectivity index (χ4v) is 3.01. The first-order valence-electron chi connectivity index (χ1n) is 8.81. The molecule has 26 heavy (non-hydrogen) atoms. The van der Waals surface area contributed by atoms with Gasteiger partial charge in [-0.15, -0.1) is 0 Å². The first-order chi connectivity index (χ1) is 12.4. The van der Waals surface area contributed by atoms with Crippen LogP contribution in [0.2, 0.25) is 0 Å². The summed E-state index contributed by atoms with van der Waals surface area (Å²) in [6, 6.07) is 3.01. The predicted octanol–water partition coefficient (Wildman–Crippen LogP) is 3.73. The molecular formula is C19H25F3N2O2. The Bertz CT molecular complexity index is 624. The summed E-state index contributed by atoms with van der Waals surface area (Å²) in [5.74, 6) is 0.215. The Kier molecular flexibility index (Phi) is 7.08. The van der Waals surface area contributed by atoms with E-state index in [2.05, 4.69) is 11.9 Å². The van der Waals surface area contributed by atoms with Crippen molar-refractivity contribution in [2.75, 3.05) is 32.8 Å². The van der Waals surface area contributed by atoms with Crippen molar-refractivity contribution in [3.8, 4) is 5.75 Å². The number of likely N-dealkylation sites (tertiary alicyclic amines) is 1. The highest BCUT2D eigenvalue weighted by molar-refractivity contribution is 5.97. The maximum atomic E-state index is 13.0. The average Bonchev–Trinajstić information content (AvgIpc) is 2.63. The second kappa shape index (κ2) is 9.07. The summed E-state index contributed by atoms with van der Waals surface area (Å²) < 4.78 is 44.5. The molecule has 0 bridgehead atoms. The third-order valence-electron chi connectivity index (χ3n) is 4.48. The summed E-state index contributed by atoms with van der Waals surface area (Å²) in [6.45, 7) is 8.55. The Labute approximate surface area is 152 Å². The van der Waals surface area contributed by atoms with Gasteiger partial charge in [-0.1, -0.05) is 19.6 Å². The molecule has 0 aromatic heterocycles. The zero-order chi connectivity index (χ0) is 19.2. The van der Waals surface area contributed by atoms with Crippen LogP contribution >= 0.6 is 0 Å². The molecule has 1 aromatic rings. The second-order valence-electron chi connectivity index (χ2n) is 6.35. The molecular weight excluding hydrogens is 345 g/mol. The van der Waals surface area contributed by atoms with Crippen LogP contribution in [-0.4, -0.2) is 43.6 Å². The van der Waals surface area contributed by atoms with Crippen molar-refractivity contribution < 1.29 is 22.7 Å². The quantitative estimate of drug-likeness (QED) is 0.744. The summed E-state index contributed by atoms with van der Waals surface area (Å²) in [6.07, 6.45) is -1.36. The van der Waals surface area contributed by atoms with Crippen LogP contribution in [0.1, 0.15) is 35.7 Å². The molecule has 0 unspecified atom stereocenters. The molecule has 1 aliphatic rings. The molecule has 1 heterocycles. The average molecular weight is 370 g/mol. The van der Waals surface area contributed by atoms with Crippen LogP contribution in [0.3, 0.4) is 0 Å². The lowest BCUT2D eigenvalue weighted by atomic mass is 9.96. The number of nitrogens with one attached hydrogen (secondary N) is 1. The van der Waals surface area contributed by atoms with E-state index in [0.29, 0.717) is 19.0 Å². The summed E-state index contributed by atoms with van der Waals surface area (Å²) >= 11 is 0. The minimum Gasteiger partial charge on any atom is -0.489 e. The van der Waals surface area contributed by atoms with E-state index in [1.807, 2.05) is 6.92 Å². The minimum atomic E-state index is -4.51. The largest absolute Gasteiger partial charge is 0.489 e. The molecule has 1 aliphatic heterocycles. The second-order valence-corrected chi connectivity index (χ2v) is 6.35. The lowest BCUT2D eigenvalue weighted by Crippen LogP contribution is -2.41. The van der Waals surface area contributed by atoms with Crippen LogP contribution in [0.15, 0.2) is 30.9 Å². The molecule has 0 atom stereocenters. The van der Waals surface area contributed by atoms with E-state index in [4.69, 9.17) is 4.74 Å². The van der Waals surface area contributed by atoms with Crippen LogP contribution < -0.4 is 10.1 Å². The van der Waals surface area contributed by atoms with Crippen LogP contribution in [0.5, 0.6) is 5.75 Å². The van der Waals surface area contributed by atoms with Gasteiger partial charge in [-0.3, -0.25) is 4.79 Å². The van der Waals surface area contributed by atoms with Gasteiger partial charge in [-0.2, -0.15) is 13.2 Å². The minimum absolute atomic E-state index is 0.0493. The smallest absolute Gasteiger partial charge is 0.416 e. The summed E-state index contributed by atoms with van der Waals surface area (Å²) in [4.78, 5) is 14.4. The van der Waals surface area contributed by atoms with Crippen LogP contribution in [0.25, 0.3) is 0 Å². The molecule has 7 heteroatoms. The Morgan fingerprint density at radius 2 is 2.08 bits per heavy atom. The normalized spacial score (nSPS) is 15.8. The van der Waals surface area contributed by atoms with Gasteiger partial charge in [0.05, 0.1) is 11.1 Å². The first-order valence-corrected chi connectivity index (χ1v) is 8.81. The first kappa shape index (κ1) is 20.3. The third kappa shape index (κ3) is 5.24.